The number of carbonyl (C=O) groups excluding carboxylic acids is 1. The number of carbonyl (C=O) groups is 2. The lowest BCUT2D eigenvalue weighted by Gasteiger charge is -2.72. The lowest BCUT2D eigenvalue weighted by atomic mass is 9.32. The van der Waals surface area contributed by atoms with Gasteiger partial charge in [-0.1, -0.05) is 41.0 Å². The van der Waals surface area contributed by atoms with Crippen molar-refractivity contribution in [1.29, 1.82) is 0 Å². The lowest BCUT2D eigenvalue weighted by molar-refractivity contribution is -0.249. The van der Waals surface area contributed by atoms with Crippen molar-refractivity contribution in [1.82, 2.24) is 4.90 Å². The second-order valence-electron chi connectivity index (χ2n) is 18.0. The number of esters is 1. The molecule has 5 rings (SSSR count). The predicted molar refractivity (Wildman–Crippen MR) is 170 cm³/mol. The Balaban J connectivity index is 1.34. The van der Waals surface area contributed by atoms with Gasteiger partial charge in [0.05, 0.1) is 18.6 Å². The third-order valence-electron chi connectivity index (χ3n) is 15.3. The molecule has 43 heavy (non-hydrogen) atoms. The predicted octanol–water partition coefficient (Wildman–Crippen LogP) is 8.18. The van der Waals surface area contributed by atoms with Crippen LogP contribution < -0.4 is 0 Å². The number of nitrogens with zero attached hydrogens (tertiary/aromatic N) is 1. The summed E-state index contributed by atoms with van der Waals surface area (Å²) in [7, 11) is 4.01. The number of rotatable bonds is 9. The van der Waals surface area contributed by atoms with Gasteiger partial charge >= 0.3 is 11.9 Å². The van der Waals surface area contributed by atoms with E-state index in [2.05, 4.69) is 46.6 Å². The van der Waals surface area contributed by atoms with Crippen molar-refractivity contribution in [2.45, 2.75) is 138 Å². The minimum Gasteiger partial charge on any atom is -0.481 e. The van der Waals surface area contributed by atoms with Gasteiger partial charge < -0.3 is 14.6 Å². The number of carboxylic acids is 1. The maximum atomic E-state index is 13.0. The SMILES string of the molecule is COCN(C)CC[C@]12CCC[C@@H]1[C@H]1CCC3[C@@]4(C)CC[C@H](OC(=O)CC(C)(C)C(=O)O)C(C)(C)C4CC[C@@]3(C)[C@]1(C)CC2. The molecule has 5 aliphatic carbocycles. The van der Waals surface area contributed by atoms with Crippen LogP contribution in [0, 0.1) is 56.2 Å². The number of ether oxygens (including phenoxy) is 2. The molecule has 5 aliphatic rings. The highest BCUT2D eigenvalue weighted by molar-refractivity contribution is 5.81. The maximum absolute atomic E-state index is 13.0. The summed E-state index contributed by atoms with van der Waals surface area (Å²) < 4.78 is 11.6. The van der Waals surface area contributed by atoms with E-state index in [1.54, 1.807) is 21.0 Å². The van der Waals surface area contributed by atoms with Gasteiger partial charge in [0.1, 0.15) is 6.10 Å². The van der Waals surface area contributed by atoms with Crippen LogP contribution in [0.2, 0.25) is 0 Å². The zero-order valence-electron chi connectivity index (χ0n) is 29.0. The standard InChI is InChI=1S/C37H63NO5/c1-32(2,31(40)41)23-30(39)43-29-15-17-34(5)27(33(29,3)4)14-18-36(7)28(34)13-12-25-26-11-10-16-37(26,20-19-35(25,36)6)21-22-38(8)24-42-9/h25-29H,10-24H2,1-9H3,(H,40,41)/t25-,26-,27?,28?,29+,34+,35-,36-,37-/m1/s1. The average molecular weight is 602 g/mol. The molecule has 246 valence electrons. The summed E-state index contributed by atoms with van der Waals surface area (Å²) >= 11 is 0. The first kappa shape index (κ1) is 33.2. The van der Waals surface area contributed by atoms with Crippen molar-refractivity contribution in [3.05, 3.63) is 0 Å². The Morgan fingerprint density at radius 3 is 2.26 bits per heavy atom. The lowest BCUT2D eigenvalue weighted by Crippen LogP contribution is -2.66. The van der Waals surface area contributed by atoms with Crippen LogP contribution in [0.25, 0.3) is 0 Å². The molecular weight excluding hydrogens is 538 g/mol. The fourth-order valence-electron chi connectivity index (χ4n) is 12.7. The van der Waals surface area contributed by atoms with Gasteiger partial charge in [-0.25, -0.2) is 0 Å². The van der Waals surface area contributed by atoms with Crippen molar-refractivity contribution >= 4 is 11.9 Å². The summed E-state index contributed by atoms with van der Waals surface area (Å²) in [6, 6.07) is 0. The van der Waals surface area contributed by atoms with E-state index in [-0.39, 0.29) is 29.3 Å². The normalized spacial score (nSPS) is 43.7. The quantitative estimate of drug-likeness (QED) is 0.212. The topological polar surface area (TPSA) is 76.1 Å². The molecule has 2 unspecified atom stereocenters. The number of hydrogen-bond acceptors (Lipinski definition) is 5. The molecule has 5 saturated carbocycles. The van der Waals surface area contributed by atoms with Crippen LogP contribution in [0.3, 0.4) is 0 Å². The van der Waals surface area contributed by atoms with Gasteiger partial charge in [0.15, 0.2) is 0 Å². The van der Waals surface area contributed by atoms with Crippen molar-refractivity contribution in [3.63, 3.8) is 0 Å². The third-order valence-corrected chi connectivity index (χ3v) is 15.3. The highest BCUT2D eigenvalue weighted by Crippen LogP contribution is 2.77. The Bertz CT molecular complexity index is 1070. The van der Waals surface area contributed by atoms with E-state index in [0.29, 0.717) is 28.1 Å². The zero-order valence-corrected chi connectivity index (χ0v) is 29.0. The van der Waals surface area contributed by atoms with E-state index in [9.17, 15) is 14.7 Å². The zero-order chi connectivity index (χ0) is 31.6. The number of fused-ring (bicyclic) bond motifs is 7. The molecule has 6 heteroatoms. The van der Waals surface area contributed by atoms with Gasteiger partial charge in [0, 0.05) is 19.1 Å². The Kier molecular flexibility index (Phi) is 8.72. The number of aliphatic carboxylic acids is 1. The molecule has 0 aromatic heterocycles. The molecule has 0 aromatic rings. The fraction of sp³-hybridized carbons (Fsp3) is 0.946. The molecule has 0 aromatic carbocycles. The Hall–Kier alpha value is -1.14. The van der Waals surface area contributed by atoms with Crippen LogP contribution in [0.5, 0.6) is 0 Å². The monoisotopic (exact) mass is 601 g/mol. The first-order chi connectivity index (χ1) is 20.0. The summed E-state index contributed by atoms with van der Waals surface area (Å²) in [5.74, 6) is 1.59. The van der Waals surface area contributed by atoms with E-state index in [0.717, 1.165) is 38.0 Å². The summed E-state index contributed by atoms with van der Waals surface area (Å²) in [6.45, 7) is 17.8. The van der Waals surface area contributed by atoms with E-state index in [1.807, 2.05) is 0 Å². The number of hydrogen-bond donors (Lipinski definition) is 1. The largest absolute Gasteiger partial charge is 0.481 e. The maximum Gasteiger partial charge on any atom is 0.309 e. The van der Waals surface area contributed by atoms with Crippen molar-refractivity contribution < 1.29 is 24.2 Å². The molecule has 5 fully saturated rings. The van der Waals surface area contributed by atoms with Crippen LogP contribution in [0.15, 0.2) is 0 Å². The van der Waals surface area contributed by atoms with Crippen LogP contribution in [0.1, 0.15) is 132 Å². The fourth-order valence-corrected chi connectivity index (χ4v) is 12.7. The van der Waals surface area contributed by atoms with E-state index in [4.69, 9.17) is 9.47 Å². The first-order valence-corrected chi connectivity index (χ1v) is 17.6. The smallest absolute Gasteiger partial charge is 0.309 e. The Morgan fingerprint density at radius 2 is 1.58 bits per heavy atom. The molecule has 0 heterocycles. The van der Waals surface area contributed by atoms with E-state index >= 15 is 0 Å². The molecule has 0 saturated heterocycles. The highest BCUT2D eigenvalue weighted by atomic mass is 16.5. The molecule has 0 radical (unpaired) electrons. The molecule has 9 atom stereocenters. The van der Waals surface area contributed by atoms with Crippen molar-refractivity contribution in [2.75, 3.05) is 27.4 Å². The summed E-state index contributed by atoms with van der Waals surface area (Å²) in [5, 5.41) is 9.54. The van der Waals surface area contributed by atoms with Crippen LogP contribution >= 0.6 is 0 Å². The molecule has 0 spiro atoms. The third kappa shape index (κ3) is 5.21. The second-order valence-corrected chi connectivity index (χ2v) is 18.0. The van der Waals surface area contributed by atoms with Gasteiger partial charge in [-0.05, 0) is 137 Å². The van der Waals surface area contributed by atoms with Crippen LogP contribution in [0.4, 0.5) is 0 Å². The number of methoxy groups -OCH3 is 1. The molecule has 0 bridgehead atoms. The molecule has 1 N–H and O–H groups in total. The first-order valence-electron chi connectivity index (χ1n) is 17.6. The summed E-state index contributed by atoms with van der Waals surface area (Å²) in [4.78, 5) is 27.0. The number of carboxylic acid groups (broad SMARTS) is 1. The highest BCUT2D eigenvalue weighted by Gasteiger charge is 2.70. The van der Waals surface area contributed by atoms with Crippen molar-refractivity contribution in [2.24, 2.45) is 56.2 Å². The molecule has 0 amide bonds. The van der Waals surface area contributed by atoms with Crippen molar-refractivity contribution in [3.8, 4) is 0 Å². The minimum absolute atomic E-state index is 0.0807. The van der Waals surface area contributed by atoms with Gasteiger partial charge in [0.25, 0.3) is 0 Å². The van der Waals surface area contributed by atoms with Crippen LogP contribution in [-0.2, 0) is 19.1 Å². The van der Waals surface area contributed by atoms with Gasteiger partial charge in [-0.15, -0.1) is 0 Å². The molecular formula is C37H63NO5. The summed E-state index contributed by atoms with van der Waals surface area (Å²) in [5.41, 5.74) is 0.249. The van der Waals surface area contributed by atoms with E-state index < -0.39 is 11.4 Å². The van der Waals surface area contributed by atoms with E-state index in [1.165, 1.54) is 64.2 Å². The molecule has 0 aliphatic heterocycles. The van der Waals surface area contributed by atoms with Gasteiger partial charge in [-0.3, -0.25) is 14.5 Å². The Labute approximate surface area is 262 Å². The second kappa shape index (κ2) is 11.3. The van der Waals surface area contributed by atoms with Crippen LogP contribution in [-0.4, -0.2) is 55.5 Å². The minimum atomic E-state index is -1.11. The van der Waals surface area contributed by atoms with Gasteiger partial charge in [-0.2, -0.15) is 0 Å². The Morgan fingerprint density at radius 1 is 0.860 bits per heavy atom. The average Bonchev–Trinajstić information content (AvgIpc) is 3.34. The van der Waals surface area contributed by atoms with Gasteiger partial charge in [0.2, 0.25) is 0 Å². The summed E-state index contributed by atoms with van der Waals surface area (Å²) in [6.07, 6.45) is 15.3. The molecule has 6 nitrogen and oxygen atoms in total.